The number of nitrogens with one attached hydrogen (secondary N) is 1. The average Bonchev–Trinajstić information content (AvgIpc) is 2.86. The second-order valence-electron chi connectivity index (χ2n) is 9.65. The zero-order valence-corrected chi connectivity index (χ0v) is 21.5. The van der Waals surface area contributed by atoms with E-state index in [0.29, 0.717) is 22.8 Å². The number of rotatable bonds is 5. The average molecular weight is 505 g/mol. The Labute approximate surface area is 215 Å². The van der Waals surface area contributed by atoms with E-state index in [-0.39, 0.29) is 18.7 Å². The molecule has 1 heterocycles. The first-order chi connectivity index (χ1) is 17.6. The molecular weight excluding hydrogens is 475 g/mol. The van der Waals surface area contributed by atoms with Gasteiger partial charge in [-0.05, 0) is 79.8 Å². The van der Waals surface area contributed by atoms with E-state index < -0.39 is 23.7 Å². The van der Waals surface area contributed by atoms with Gasteiger partial charge in [-0.25, -0.2) is 15.8 Å². The molecule has 0 saturated carbocycles. The van der Waals surface area contributed by atoms with Crippen molar-refractivity contribution in [2.24, 2.45) is 0 Å². The normalized spacial score (nSPS) is 14.5. The molecule has 4 rings (SSSR count). The number of alkyl carbamates (subject to hydrolysis) is 1. The van der Waals surface area contributed by atoms with E-state index in [1.807, 2.05) is 43.3 Å². The van der Waals surface area contributed by atoms with Crippen LogP contribution in [0.1, 0.15) is 31.9 Å². The van der Waals surface area contributed by atoms with Gasteiger partial charge in [-0.3, -0.25) is 4.85 Å². The van der Waals surface area contributed by atoms with Crippen molar-refractivity contribution in [2.45, 2.75) is 46.1 Å². The largest absolute Gasteiger partial charge is 0.496 e. The van der Waals surface area contributed by atoms with Crippen molar-refractivity contribution in [3.8, 4) is 39.5 Å². The van der Waals surface area contributed by atoms with Crippen LogP contribution in [0, 0.1) is 19.3 Å². The summed E-state index contributed by atoms with van der Waals surface area (Å²) in [5.41, 5.74) is 3.79. The quantitative estimate of drug-likeness (QED) is 0.401. The van der Waals surface area contributed by atoms with Gasteiger partial charge >= 0.3 is 12.3 Å². The maximum Gasteiger partial charge on any atom is 0.407 e. The molecule has 0 aliphatic carbocycles. The molecule has 0 spiro atoms. The van der Waals surface area contributed by atoms with Gasteiger partial charge in [0.15, 0.2) is 11.5 Å². The lowest BCUT2D eigenvalue weighted by Gasteiger charge is -2.21. The smallest absolute Gasteiger partial charge is 0.407 e. The van der Waals surface area contributed by atoms with Gasteiger partial charge in [-0.1, -0.05) is 24.3 Å². The highest BCUT2D eigenvalue weighted by molar-refractivity contribution is 5.80. The van der Waals surface area contributed by atoms with Gasteiger partial charge in [-0.2, -0.15) is 0 Å². The van der Waals surface area contributed by atoms with Crippen LogP contribution in [0.3, 0.4) is 0 Å². The molecule has 192 valence electrons. The number of benzene rings is 3. The molecule has 0 bridgehead atoms. The SMILES string of the molecule is [C-]#[N+]C1COc2ccc(-c3cccc(-c4cc(F)c(CNC(=O)OC(C)(C)C)c(OC)c4)c3C)cc2O1. The van der Waals surface area contributed by atoms with Crippen molar-refractivity contribution in [1.29, 1.82) is 0 Å². The predicted octanol–water partition coefficient (Wildman–Crippen LogP) is 6.52. The first-order valence-electron chi connectivity index (χ1n) is 11.8. The number of carbonyl (C=O) groups excluding carboxylic acids is 1. The summed E-state index contributed by atoms with van der Waals surface area (Å²) >= 11 is 0. The Bertz CT molecular complexity index is 1370. The highest BCUT2D eigenvalue weighted by atomic mass is 19.1. The summed E-state index contributed by atoms with van der Waals surface area (Å²) in [6, 6.07) is 14.6. The van der Waals surface area contributed by atoms with Crippen molar-refractivity contribution in [2.75, 3.05) is 13.7 Å². The van der Waals surface area contributed by atoms with Crippen LogP contribution in [-0.4, -0.2) is 31.6 Å². The molecule has 8 heteroatoms. The van der Waals surface area contributed by atoms with Crippen molar-refractivity contribution < 1.29 is 28.1 Å². The summed E-state index contributed by atoms with van der Waals surface area (Å²) in [6.45, 7) is 14.6. The van der Waals surface area contributed by atoms with Gasteiger partial charge in [0.05, 0.1) is 13.7 Å². The second kappa shape index (κ2) is 10.4. The molecule has 0 radical (unpaired) electrons. The summed E-state index contributed by atoms with van der Waals surface area (Å²) in [7, 11) is 1.46. The third-order valence-corrected chi connectivity index (χ3v) is 5.87. The van der Waals surface area contributed by atoms with Gasteiger partial charge in [0.25, 0.3) is 0 Å². The van der Waals surface area contributed by atoms with E-state index in [9.17, 15) is 4.79 Å². The third kappa shape index (κ3) is 5.78. The van der Waals surface area contributed by atoms with E-state index in [4.69, 9.17) is 25.5 Å². The highest BCUT2D eigenvalue weighted by Gasteiger charge is 2.25. The molecule has 1 atom stereocenters. The molecule has 1 unspecified atom stereocenters. The molecule has 3 aromatic carbocycles. The van der Waals surface area contributed by atoms with Crippen LogP contribution in [0.15, 0.2) is 48.5 Å². The van der Waals surface area contributed by atoms with Gasteiger partial charge in [-0.15, -0.1) is 0 Å². The Morgan fingerprint density at radius 2 is 1.86 bits per heavy atom. The molecule has 1 aliphatic rings. The number of hydrogen-bond donors (Lipinski definition) is 1. The lowest BCUT2D eigenvalue weighted by molar-refractivity contribution is 0.0523. The van der Waals surface area contributed by atoms with Crippen molar-refractivity contribution in [1.82, 2.24) is 5.32 Å². The maximum absolute atomic E-state index is 15.3. The Morgan fingerprint density at radius 1 is 1.14 bits per heavy atom. The summed E-state index contributed by atoms with van der Waals surface area (Å²) < 4.78 is 37.3. The van der Waals surface area contributed by atoms with Crippen LogP contribution >= 0.6 is 0 Å². The second-order valence-corrected chi connectivity index (χ2v) is 9.65. The van der Waals surface area contributed by atoms with Crippen LogP contribution in [-0.2, 0) is 11.3 Å². The van der Waals surface area contributed by atoms with Crippen molar-refractivity contribution in [3.05, 3.63) is 76.9 Å². The molecule has 37 heavy (non-hydrogen) atoms. The van der Waals surface area contributed by atoms with Gasteiger partial charge in [0, 0.05) is 5.56 Å². The fourth-order valence-electron chi connectivity index (χ4n) is 4.15. The van der Waals surface area contributed by atoms with Crippen molar-refractivity contribution >= 4 is 6.09 Å². The van der Waals surface area contributed by atoms with E-state index in [0.717, 1.165) is 22.3 Å². The number of fused-ring (bicyclic) bond motifs is 1. The number of carbonyl (C=O) groups is 1. The first-order valence-corrected chi connectivity index (χ1v) is 11.8. The first kappa shape index (κ1) is 25.8. The lowest BCUT2D eigenvalue weighted by Crippen LogP contribution is -2.32. The Morgan fingerprint density at radius 3 is 2.54 bits per heavy atom. The fraction of sp³-hybridized carbons (Fsp3) is 0.310. The number of halogens is 1. The Hall–Kier alpha value is -4.25. The van der Waals surface area contributed by atoms with Crippen LogP contribution in [0.4, 0.5) is 9.18 Å². The minimum atomic E-state index is -0.672. The summed E-state index contributed by atoms with van der Waals surface area (Å²) in [5.74, 6) is 0.934. The summed E-state index contributed by atoms with van der Waals surface area (Å²) in [6.07, 6.45) is -1.31. The van der Waals surface area contributed by atoms with Crippen LogP contribution in [0.2, 0.25) is 0 Å². The van der Waals surface area contributed by atoms with E-state index >= 15 is 4.39 Å². The molecule has 1 N–H and O–H groups in total. The number of ether oxygens (including phenoxy) is 4. The van der Waals surface area contributed by atoms with E-state index in [1.165, 1.54) is 13.2 Å². The number of methoxy groups -OCH3 is 1. The van der Waals surface area contributed by atoms with Gasteiger partial charge in [0.1, 0.15) is 17.2 Å². The fourth-order valence-corrected chi connectivity index (χ4v) is 4.15. The van der Waals surface area contributed by atoms with Gasteiger partial charge < -0.3 is 24.3 Å². The summed E-state index contributed by atoms with van der Waals surface area (Å²) in [4.78, 5) is 15.5. The molecular formula is C29H29FN2O5. The predicted molar refractivity (Wildman–Crippen MR) is 138 cm³/mol. The monoisotopic (exact) mass is 504 g/mol. The molecule has 0 saturated heterocycles. The minimum absolute atomic E-state index is 0.0774. The van der Waals surface area contributed by atoms with Crippen LogP contribution in [0.5, 0.6) is 17.2 Å². The summed E-state index contributed by atoms with van der Waals surface area (Å²) in [5, 5.41) is 2.58. The zero-order chi connectivity index (χ0) is 26.7. The van der Waals surface area contributed by atoms with E-state index in [1.54, 1.807) is 26.8 Å². The zero-order valence-electron chi connectivity index (χ0n) is 21.5. The molecule has 3 aromatic rings. The minimum Gasteiger partial charge on any atom is -0.496 e. The Balaban J connectivity index is 1.64. The van der Waals surface area contributed by atoms with Gasteiger partial charge in [0.2, 0.25) is 6.61 Å². The lowest BCUT2D eigenvalue weighted by atomic mass is 9.92. The number of hydrogen-bond acceptors (Lipinski definition) is 5. The molecule has 1 amide bonds. The third-order valence-electron chi connectivity index (χ3n) is 5.87. The van der Waals surface area contributed by atoms with Crippen molar-refractivity contribution in [3.63, 3.8) is 0 Å². The maximum atomic E-state index is 15.3. The molecule has 0 aromatic heterocycles. The number of nitrogens with zero attached hydrogens (tertiary/aromatic N) is 1. The topological polar surface area (TPSA) is 70.4 Å². The Kier molecular flexibility index (Phi) is 7.25. The number of amides is 1. The van der Waals surface area contributed by atoms with Crippen LogP contribution < -0.4 is 19.5 Å². The molecule has 0 fully saturated rings. The molecule has 7 nitrogen and oxygen atoms in total. The standard InChI is InChI=1S/C29H29FN2O5/c1-17-20(18-10-11-24-26(13-18)36-27(31-5)16-35-24)8-7-9-21(17)19-12-23(30)22(25(14-19)34-6)15-32-28(33)37-29(2,3)4/h7-14,27H,15-16H2,1-4,6H3,(H,32,33). The van der Waals surface area contributed by atoms with E-state index in [2.05, 4.69) is 10.2 Å². The molecule has 1 aliphatic heterocycles. The highest BCUT2D eigenvalue weighted by Crippen LogP contribution is 2.39. The van der Waals surface area contributed by atoms with Crippen LogP contribution in [0.25, 0.3) is 27.1 Å².